The van der Waals surface area contributed by atoms with Crippen molar-refractivity contribution in [3.05, 3.63) is 76.2 Å². The molecule has 1 amide bonds. The fourth-order valence-electron chi connectivity index (χ4n) is 5.77. The van der Waals surface area contributed by atoms with E-state index in [-0.39, 0.29) is 30.7 Å². The highest BCUT2D eigenvalue weighted by molar-refractivity contribution is 5.97. The van der Waals surface area contributed by atoms with E-state index < -0.39 is 23.2 Å². The molecule has 3 heterocycles. The zero-order valence-electron chi connectivity index (χ0n) is 20.0. The molecule has 37 heavy (non-hydrogen) atoms. The fourth-order valence-corrected chi connectivity index (χ4v) is 5.77. The molecule has 0 spiro atoms. The molecule has 10 heteroatoms. The van der Waals surface area contributed by atoms with Crippen molar-refractivity contribution in [1.29, 1.82) is 0 Å². The van der Waals surface area contributed by atoms with Gasteiger partial charge in [0.05, 0.1) is 12.1 Å². The maximum atomic E-state index is 13.8. The first-order valence-electron chi connectivity index (χ1n) is 12.4. The standard InChI is InChI=1S/C27H26F3N5O2/c28-27(29,30)24-22(23(36)10-17-5-6-20-19(17)7-8-32-25(20)31)14-35(33-24)12-16-3-1-15(2-4-16)11-34-13-18-9-21(18)26(34)37/h1-4,7-8,14,17-18,21H,5-6,9-13H2,(H2,31,32)/t17?,18-,21-/m0/s1. The maximum absolute atomic E-state index is 13.8. The smallest absolute Gasteiger partial charge is 0.383 e. The van der Waals surface area contributed by atoms with E-state index in [0.717, 1.165) is 35.2 Å². The molecular weight excluding hydrogens is 483 g/mol. The van der Waals surface area contributed by atoms with E-state index in [4.69, 9.17) is 5.73 Å². The number of likely N-dealkylation sites (tertiary alicyclic amines) is 1. The van der Waals surface area contributed by atoms with Crippen LogP contribution in [0.2, 0.25) is 0 Å². The van der Waals surface area contributed by atoms with Gasteiger partial charge in [-0.1, -0.05) is 24.3 Å². The average Bonchev–Trinajstić information content (AvgIpc) is 3.15. The summed E-state index contributed by atoms with van der Waals surface area (Å²) in [6.07, 6.45) is 0.271. The van der Waals surface area contributed by atoms with Crippen LogP contribution in [0, 0.1) is 11.8 Å². The number of pyridine rings is 1. The van der Waals surface area contributed by atoms with Gasteiger partial charge in [0.25, 0.3) is 0 Å². The maximum Gasteiger partial charge on any atom is 0.435 e. The Bertz CT molecular complexity index is 1380. The fraction of sp³-hybridized carbons (Fsp3) is 0.407. The van der Waals surface area contributed by atoms with Gasteiger partial charge in [0, 0.05) is 37.8 Å². The van der Waals surface area contributed by atoms with Crippen LogP contribution in [0.5, 0.6) is 0 Å². The lowest BCUT2D eigenvalue weighted by Crippen LogP contribution is -2.27. The molecule has 2 aromatic heterocycles. The van der Waals surface area contributed by atoms with Crippen molar-refractivity contribution in [1.82, 2.24) is 19.7 Å². The van der Waals surface area contributed by atoms with Gasteiger partial charge >= 0.3 is 6.18 Å². The number of nitrogen functional groups attached to an aromatic ring is 1. The van der Waals surface area contributed by atoms with Gasteiger partial charge in [0.1, 0.15) is 5.82 Å². The number of Topliss-reactive ketones (excluding diaryl/α,β-unsaturated/α-hetero) is 1. The van der Waals surface area contributed by atoms with E-state index in [9.17, 15) is 22.8 Å². The van der Waals surface area contributed by atoms with E-state index >= 15 is 0 Å². The number of carbonyl (C=O) groups excluding carboxylic acids is 2. The van der Waals surface area contributed by atoms with Crippen molar-refractivity contribution in [2.24, 2.45) is 11.8 Å². The lowest BCUT2D eigenvalue weighted by atomic mass is 9.93. The summed E-state index contributed by atoms with van der Waals surface area (Å²) in [5.41, 5.74) is 7.83. The van der Waals surface area contributed by atoms with Crippen LogP contribution in [0.1, 0.15) is 63.5 Å². The Morgan fingerprint density at radius 3 is 2.51 bits per heavy atom. The van der Waals surface area contributed by atoms with Crippen LogP contribution in [-0.4, -0.2) is 37.9 Å². The van der Waals surface area contributed by atoms with Crippen molar-refractivity contribution in [2.45, 2.75) is 50.9 Å². The second-order valence-corrected chi connectivity index (χ2v) is 10.4. The molecule has 2 aliphatic carbocycles. The first-order valence-corrected chi connectivity index (χ1v) is 12.4. The predicted octanol–water partition coefficient (Wildman–Crippen LogP) is 4.21. The Morgan fingerprint density at radius 1 is 1.11 bits per heavy atom. The summed E-state index contributed by atoms with van der Waals surface area (Å²) < 4.78 is 42.5. The number of benzene rings is 1. The molecule has 192 valence electrons. The number of aromatic nitrogens is 3. The molecule has 7 nitrogen and oxygen atoms in total. The minimum atomic E-state index is -4.75. The Morgan fingerprint density at radius 2 is 1.84 bits per heavy atom. The third-order valence-electron chi connectivity index (χ3n) is 7.82. The van der Waals surface area contributed by atoms with E-state index in [1.165, 1.54) is 10.9 Å². The number of fused-ring (bicyclic) bond motifs is 2. The molecule has 2 fully saturated rings. The van der Waals surface area contributed by atoms with Gasteiger partial charge < -0.3 is 10.6 Å². The number of nitrogens with zero attached hydrogens (tertiary/aromatic N) is 4. The van der Waals surface area contributed by atoms with Crippen molar-refractivity contribution in [2.75, 3.05) is 12.3 Å². The third-order valence-corrected chi connectivity index (χ3v) is 7.82. The van der Waals surface area contributed by atoms with Crippen LogP contribution < -0.4 is 5.73 Å². The van der Waals surface area contributed by atoms with E-state index in [1.807, 2.05) is 29.2 Å². The number of carbonyl (C=O) groups is 2. The number of hydrogen-bond acceptors (Lipinski definition) is 5. The number of halogens is 3. The van der Waals surface area contributed by atoms with Gasteiger partial charge in [-0.05, 0) is 59.4 Å². The molecule has 1 saturated heterocycles. The quantitative estimate of drug-likeness (QED) is 0.482. The Labute approximate surface area is 211 Å². The first-order chi connectivity index (χ1) is 17.7. The molecule has 3 aliphatic rings. The number of hydrogen-bond donors (Lipinski definition) is 1. The van der Waals surface area contributed by atoms with E-state index in [1.54, 1.807) is 12.3 Å². The molecular formula is C27H26F3N5O2. The number of amides is 1. The minimum Gasteiger partial charge on any atom is -0.383 e. The van der Waals surface area contributed by atoms with Crippen molar-refractivity contribution >= 4 is 17.5 Å². The number of alkyl halides is 3. The van der Waals surface area contributed by atoms with Gasteiger partial charge in [-0.2, -0.15) is 18.3 Å². The molecule has 3 atom stereocenters. The lowest BCUT2D eigenvalue weighted by molar-refractivity contribution is -0.141. The molecule has 1 unspecified atom stereocenters. The molecule has 1 aromatic carbocycles. The highest BCUT2D eigenvalue weighted by atomic mass is 19.4. The SMILES string of the molecule is Nc1nccc2c1CCC2CC(=O)c1cn(Cc2ccc(CN3C[C@@H]4C[C@@H]4C3=O)cc2)nc1C(F)(F)F. The summed E-state index contributed by atoms with van der Waals surface area (Å²) in [5, 5.41) is 3.75. The molecule has 0 bridgehead atoms. The van der Waals surface area contributed by atoms with Crippen LogP contribution in [-0.2, 0) is 30.5 Å². The summed E-state index contributed by atoms with van der Waals surface area (Å²) in [5.74, 6) is 0.547. The molecule has 2 N–H and O–H groups in total. The van der Waals surface area contributed by atoms with Crippen molar-refractivity contribution in [3.8, 4) is 0 Å². The van der Waals surface area contributed by atoms with Crippen LogP contribution in [0.15, 0.2) is 42.7 Å². The Kier molecular flexibility index (Phi) is 5.58. The van der Waals surface area contributed by atoms with Gasteiger partial charge in [0.15, 0.2) is 11.5 Å². The Balaban J connectivity index is 1.17. The minimum absolute atomic E-state index is 0.0448. The first kappa shape index (κ1) is 23.7. The van der Waals surface area contributed by atoms with E-state index in [0.29, 0.717) is 31.1 Å². The summed E-state index contributed by atoms with van der Waals surface area (Å²) in [7, 11) is 0. The van der Waals surface area contributed by atoms with Gasteiger partial charge in [-0.25, -0.2) is 4.98 Å². The van der Waals surface area contributed by atoms with Crippen LogP contribution >= 0.6 is 0 Å². The van der Waals surface area contributed by atoms with Crippen LogP contribution in [0.3, 0.4) is 0 Å². The second-order valence-electron chi connectivity index (χ2n) is 10.4. The molecule has 0 radical (unpaired) electrons. The average molecular weight is 510 g/mol. The van der Waals surface area contributed by atoms with Gasteiger partial charge in [-0.15, -0.1) is 0 Å². The van der Waals surface area contributed by atoms with Crippen molar-refractivity contribution in [3.63, 3.8) is 0 Å². The number of anilines is 1. The summed E-state index contributed by atoms with van der Waals surface area (Å²) in [6, 6.07) is 9.19. The summed E-state index contributed by atoms with van der Waals surface area (Å²) in [4.78, 5) is 31.2. The highest BCUT2D eigenvalue weighted by Gasteiger charge is 2.51. The normalized spacial score (nSPS) is 22.3. The Hall–Kier alpha value is -3.69. The number of nitrogens with two attached hydrogens (primary N) is 1. The van der Waals surface area contributed by atoms with Crippen LogP contribution in [0.4, 0.5) is 19.0 Å². The predicted molar refractivity (Wildman–Crippen MR) is 128 cm³/mol. The van der Waals surface area contributed by atoms with Gasteiger partial charge in [-0.3, -0.25) is 14.3 Å². The van der Waals surface area contributed by atoms with E-state index in [2.05, 4.69) is 10.1 Å². The van der Waals surface area contributed by atoms with Crippen LogP contribution in [0.25, 0.3) is 0 Å². The summed E-state index contributed by atoms with van der Waals surface area (Å²) in [6.45, 7) is 1.43. The lowest BCUT2D eigenvalue weighted by Gasteiger charge is -2.18. The molecule has 3 aromatic rings. The number of ketones is 1. The second kappa shape index (κ2) is 8.71. The number of rotatable bonds is 7. The zero-order chi connectivity index (χ0) is 25.9. The molecule has 1 saturated carbocycles. The highest BCUT2D eigenvalue weighted by Crippen LogP contribution is 2.46. The topological polar surface area (TPSA) is 94.1 Å². The number of piperidine rings is 1. The monoisotopic (exact) mass is 509 g/mol. The van der Waals surface area contributed by atoms with Crippen molar-refractivity contribution < 1.29 is 22.8 Å². The zero-order valence-corrected chi connectivity index (χ0v) is 20.0. The van der Waals surface area contributed by atoms with Gasteiger partial charge in [0.2, 0.25) is 5.91 Å². The largest absolute Gasteiger partial charge is 0.435 e. The third kappa shape index (κ3) is 4.49. The molecule has 6 rings (SSSR count). The summed E-state index contributed by atoms with van der Waals surface area (Å²) >= 11 is 0. The molecule has 1 aliphatic heterocycles.